The third-order valence-electron chi connectivity index (χ3n) is 13.3. The van der Waals surface area contributed by atoms with Crippen LogP contribution < -0.4 is 0 Å². The molecule has 0 radical (unpaired) electrons. The van der Waals surface area contributed by atoms with E-state index in [4.69, 9.17) is 64.9 Å². The van der Waals surface area contributed by atoms with Crippen molar-refractivity contribution in [3.05, 3.63) is 198 Å². The molecule has 6 aromatic carbocycles. The number of ether oxygens (including phenoxy) is 2. The molecule has 0 bridgehead atoms. The van der Waals surface area contributed by atoms with Gasteiger partial charge in [-0.1, -0.05) is 165 Å². The highest BCUT2D eigenvalue weighted by molar-refractivity contribution is 9.08. The van der Waals surface area contributed by atoms with Crippen molar-refractivity contribution in [3.63, 3.8) is 0 Å². The van der Waals surface area contributed by atoms with Crippen LogP contribution in [-0.4, -0.2) is 28.3 Å². The van der Waals surface area contributed by atoms with Crippen LogP contribution in [-0.2, 0) is 32.6 Å². The molecule has 0 amide bonds. The average Bonchev–Trinajstić information content (AvgIpc) is 4.09. The summed E-state index contributed by atoms with van der Waals surface area (Å²) in [6.07, 6.45) is 7.60. The first-order valence-electron chi connectivity index (χ1n) is 22.1. The van der Waals surface area contributed by atoms with Gasteiger partial charge in [0.05, 0.1) is 11.2 Å². The summed E-state index contributed by atoms with van der Waals surface area (Å²) in [5, 5.41) is 13.7. The molecule has 1 saturated heterocycles. The van der Waals surface area contributed by atoms with E-state index in [1.54, 1.807) is 12.1 Å². The Morgan fingerprint density at radius 1 is 0.523 bits per heavy atom. The molecule has 2 spiro atoms. The highest BCUT2D eigenvalue weighted by Crippen LogP contribution is 2.54. The van der Waals surface area contributed by atoms with Gasteiger partial charge in [-0.15, -0.1) is 0 Å². The maximum absolute atomic E-state index is 6.83. The van der Waals surface area contributed by atoms with Crippen molar-refractivity contribution in [1.29, 1.82) is 0 Å². The number of likely N-dealkylation sites (tertiary alicyclic amines) is 1. The first kappa shape index (κ1) is 44.6. The van der Waals surface area contributed by atoms with Crippen LogP contribution in [0.2, 0.25) is 20.1 Å². The lowest BCUT2D eigenvalue weighted by molar-refractivity contribution is -0.0979. The smallest absolute Gasteiger partial charge is 0.167 e. The molecule has 2 unspecified atom stereocenters. The Morgan fingerprint density at radius 2 is 0.954 bits per heavy atom. The molecule has 3 aliphatic heterocycles. The third-order valence-corrected chi connectivity index (χ3v) is 14.7. The number of hydrogen-bond acceptors (Lipinski definition) is 7. The number of benzene rings is 6. The molecule has 2 fully saturated rings. The Kier molecular flexibility index (Phi) is 13.2. The number of piperidine rings is 1. The van der Waals surface area contributed by atoms with Crippen molar-refractivity contribution < 1.29 is 18.5 Å². The van der Waals surface area contributed by atoms with E-state index in [1.807, 2.05) is 66.7 Å². The molecular formula is C53H46BrCl4N3O4. The molecule has 332 valence electrons. The summed E-state index contributed by atoms with van der Waals surface area (Å²) >= 11 is 28.3. The van der Waals surface area contributed by atoms with Gasteiger partial charge >= 0.3 is 0 Å². The molecule has 8 aromatic rings. The molecule has 2 atom stereocenters. The van der Waals surface area contributed by atoms with Crippen LogP contribution in [0.5, 0.6) is 0 Å². The van der Waals surface area contributed by atoms with E-state index in [0.29, 0.717) is 20.1 Å². The van der Waals surface area contributed by atoms with Crippen molar-refractivity contribution >= 4 is 84.3 Å². The van der Waals surface area contributed by atoms with Crippen molar-refractivity contribution in [2.45, 2.75) is 80.2 Å². The van der Waals surface area contributed by atoms with E-state index in [2.05, 4.69) is 85.7 Å². The quantitative estimate of drug-likeness (QED) is 0.159. The molecule has 65 heavy (non-hydrogen) atoms. The van der Waals surface area contributed by atoms with Crippen molar-refractivity contribution in [3.8, 4) is 0 Å². The summed E-state index contributed by atoms with van der Waals surface area (Å²) in [4.78, 5) is 2.44. The molecule has 12 rings (SSSR count). The Morgan fingerprint density at radius 3 is 1.46 bits per heavy atom. The lowest BCUT2D eigenvalue weighted by Crippen LogP contribution is -2.42. The van der Waals surface area contributed by atoms with Gasteiger partial charge < -0.3 is 18.5 Å². The number of rotatable bonds is 5. The van der Waals surface area contributed by atoms with Gasteiger partial charge in [0.25, 0.3) is 0 Å². The average molecular weight is 1010 g/mol. The molecule has 1 aliphatic carbocycles. The van der Waals surface area contributed by atoms with E-state index in [1.165, 1.54) is 41.5 Å². The summed E-state index contributed by atoms with van der Waals surface area (Å²) in [6, 6.07) is 44.4. The molecule has 5 heterocycles. The van der Waals surface area contributed by atoms with Crippen molar-refractivity contribution in [1.82, 2.24) is 15.2 Å². The normalized spacial score (nSPS) is 19.4. The largest absolute Gasteiger partial charge is 0.358 e. The lowest BCUT2D eigenvalue weighted by atomic mass is 9.79. The fourth-order valence-electron chi connectivity index (χ4n) is 10.2. The lowest BCUT2D eigenvalue weighted by Gasteiger charge is -2.39. The SMILES string of the molecule is BrCc1noc2ccccc12.Clc1cc(Cl)cc(C2OC3(CCCCC3)c3ccccc32)c1.Clc1cc(Cl)cc(C2OC3(CCN(Cc4noc5ccccc45)CC3)c3ccccc32)c1. The molecular weight excluding hydrogens is 964 g/mol. The fraction of sp³-hybridized carbons (Fsp3) is 0.283. The van der Waals surface area contributed by atoms with Crippen LogP contribution in [0.1, 0.15) is 102 Å². The van der Waals surface area contributed by atoms with Crippen molar-refractivity contribution in [2.75, 3.05) is 13.1 Å². The van der Waals surface area contributed by atoms with Crippen LogP contribution in [0.4, 0.5) is 0 Å². The topological polar surface area (TPSA) is 73.8 Å². The van der Waals surface area contributed by atoms with Crippen LogP contribution in [0, 0.1) is 0 Å². The van der Waals surface area contributed by atoms with Crippen LogP contribution in [0.15, 0.2) is 143 Å². The summed E-state index contributed by atoms with van der Waals surface area (Å²) in [6.45, 7) is 2.64. The number of para-hydroxylation sites is 2. The fourth-order valence-corrected chi connectivity index (χ4v) is 11.7. The molecule has 0 N–H and O–H groups in total. The summed E-state index contributed by atoms with van der Waals surface area (Å²) in [5.41, 5.74) is 10.4. The highest BCUT2D eigenvalue weighted by Gasteiger charge is 2.48. The standard InChI is InChI=1S/C26H22Cl2N2O2.C19H18Cl2O.C8H6BrNO/c27-18-13-17(14-19(28)15-18)25-20-5-1-3-7-22(20)26(31-25)9-11-30(12-10-26)16-23-21-6-2-4-8-24(21)32-29-23;20-14-10-13(11-15(21)12-14)18-16-6-2-3-7-17(16)19(22-18)8-4-1-5-9-19;9-5-7-6-3-1-2-4-8(6)11-10-7/h1-8,13-15,25H,9-12,16H2;2-3,6-7,10-12,18H,1,4-5,8-9H2;1-4H,5H2. The highest BCUT2D eigenvalue weighted by atomic mass is 79.9. The van der Waals surface area contributed by atoms with Gasteiger partial charge in [-0.05, 0) is 120 Å². The van der Waals surface area contributed by atoms with E-state index in [-0.39, 0.29) is 23.4 Å². The summed E-state index contributed by atoms with van der Waals surface area (Å²) in [5.74, 6) is 0. The van der Waals surface area contributed by atoms with E-state index in [9.17, 15) is 0 Å². The van der Waals surface area contributed by atoms with E-state index < -0.39 is 0 Å². The van der Waals surface area contributed by atoms with Crippen LogP contribution in [0.3, 0.4) is 0 Å². The maximum atomic E-state index is 6.83. The number of hydrogen-bond donors (Lipinski definition) is 0. The minimum atomic E-state index is -0.293. The van der Waals surface area contributed by atoms with E-state index >= 15 is 0 Å². The minimum absolute atomic E-state index is 0.0644. The molecule has 4 aliphatic rings. The van der Waals surface area contributed by atoms with Gasteiger partial charge in [-0.3, -0.25) is 4.90 Å². The van der Waals surface area contributed by atoms with E-state index in [0.717, 1.165) is 95.1 Å². The van der Waals surface area contributed by atoms with Gasteiger partial charge in [0.2, 0.25) is 0 Å². The zero-order valence-corrected chi connectivity index (χ0v) is 40.1. The second-order valence-electron chi connectivity index (χ2n) is 17.3. The predicted molar refractivity (Wildman–Crippen MR) is 263 cm³/mol. The molecule has 2 aromatic heterocycles. The Hall–Kier alpha value is -4.22. The third kappa shape index (κ3) is 9.14. The first-order chi connectivity index (χ1) is 31.7. The number of nitrogens with zero attached hydrogens (tertiary/aromatic N) is 3. The van der Waals surface area contributed by atoms with Gasteiger partial charge in [-0.25, -0.2) is 0 Å². The van der Waals surface area contributed by atoms with Gasteiger partial charge in [-0.2, -0.15) is 0 Å². The van der Waals surface area contributed by atoms with Gasteiger partial charge in [0.15, 0.2) is 11.2 Å². The second kappa shape index (κ2) is 19.2. The number of fused-ring (bicyclic) bond motifs is 6. The maximum Gasteiger partial charge on any atom is 0.167 e. The predicted octanol–water partition coefficient (Wildman–Crippen LogP) is 15.7. The summed E-state index contributed by atoms with van der Waals surface area (Å²) in [7, 11) is 0. The monoisotopic (exact) mass is 1010 g/mol. The molecule has 12 heteroatoms. The van der Waals surface area contributed by atoms with Crippen LogP contribution >= 0.6 is 62.3 Å². The minimum Gasteiger partial charge on any atom is -0.358 e. The Balaban J connectivity index is 0.000000129. The second-order valence-corrected chi connectivity index (χ2v) is 19.6. The Labute approximate surface area is 407 Å². The van der Waals surface area contributed by atoms with Crippen molar-refractivity contribution in [2.24, 2.45) is 0 Å². The molecule has 1 saturated carbocycles. The number of aromatic nitrogens is 2. The molecule has 7 nitrogen and oxygen atoms in total. The zero-order chi connectivity index (χ0) is 44.5. The number of alkyl halides is 1. The summed E-state index contributed by atoms with van der Waals surface area (Å²) < 4.78 is 24.0. The van der Waals surface area contributed by atoms with Crippen LogP contribution in [0.25, 0.3) is 21.9 Å². The van der Waals surface area contributed by atoms with Gasteiger partial charge in [0.1, 0.15) is 23.6 Å². The Bertz CT molecular complexity index is 2920. The zero-order valence-electron chi connectivity index (χ0n) is 35.5. The first-order valence-corrected chi connectivity index (χ1v) is 24.8. The van der Waals surface area contributed by atoms with Gasteiger partial charge in [0, 0.05) is 55.8 Å². The number of halogens is 5.